The van der Waals surface area contributed by atoms with Crippen LogP contribution in [0.2, 0.25) is 0 Å². The molecule has 57 heavy (non-hydrogen) atoms. The number of ether oxygens (including phenoxy) is 2. The number of morpholine rings is 1. The normalized spacial score (nSPS) is 27.1. The van der Waals surface area contributed by atoms with Crippen LogP contribution in [0.25, 0.3) is 16.9 Å². The number of imidazole rings is 2. The van der Waals surface area contributed by atoms with E-state index in [1.54, 1.807) is 25.0 Å². The molecule has 9 atom stereocenters. The smallest absolute Gasteiger partial charge is 0.387 e. The monoisotopic (exact) mass is 873 g/mol. The molecule has 0 spiro atoms. The third-order valence-corrected chi connectivity index (χ3v) is 11.1. The number of aliphatic hydroxyl groups is 2. The van der Waals surface area contributed by atoms with Crippen LogP contribution in [0.15, 0.2) is 29.0 Å². The van der Waals surface area contributed by atoms with Crippen LogP contribution in [0.5, 0.6) is 0 Å². The maximum absolute atomic E-state index is 12.8. The molecule has 3 aliphatic rings. The third-order valence-electron chi connectivity index (χ3n) is 8.63. The average molecular weight is 874 g/mol. The summed E-state index contributed by atoms with van der Waals surface area (Å²) in [6.45, 7) is 0.724. The molecule has 2 fully saturated rings. The Morgan fingerprint density at radius 1 is 1.00 bits per heavy atom. The fourth-order valence-corrected chi connectivity index (χ4v) is 8.23. The minimum Gasteiger partial charge on any atom is -0.387 e. The Hall–Kier alpha value is -3.50. The van der Waals surface area contributed by atoms with Gasteiger partial charge in [-0.1, -0.05) is 16.6 Å². The number of rotatable bonds is 16. The van der Waals surface area contributed by atoms with Crippen molar-refractivity contribution in [2.45, 2.75) is 43.0 Å². The van der Waals surface area contributed by atoms with Crippen molar-refractivity contribution in [3.05, 3.63) is 35.3 Å². The average Bonchev–Trinajstić information content (AvgIpc) is 3.76. The van der Waals surface area contributed by atoms with Crippen molar-refractivity contribution >= 4 is 58.1 Å². The highest BCUT2D eigenvalue weighted by atomic mass is 31.2. The minimum absolute atomic E-state index is 0.00770. The molecule has 0 aromatic carbocycles. The van der Waals surface area contributed by atoms with Gasteiger partial charge in [0, 0.05) is 6.54 Å². The first-order valence-electron chi connectivity index (χ1n) is 16.6. The Morgan fingerprint density at radius 2 is 1.67 bits per heavy atom. The number of aliphatic hydroxyl groups excluding tert-OH is 2. The first-order chi connectivity index (χ1) is 26.6. The Labute approximate surface area is 320 Å². The number of phosphoric ester groups is 3. The van der Waals surface area contributed by atoms with Crippen molar-refractivity contribution in [3.8, 4) is 0 Å². The quantitative estimate of drug-likeness (QED) is 0.0485. The summed E-state index contributed by atoms with van der Waals surface area (Å²) in [5, 5.41) is 24.0. The predicted molar refractivity (Wildman–Crippen MR) is 188 cm³/mol. The molecular formula is C26H42N11O17P3+2. The molecule has 316 valence electrons. The van der Waals surface area contributed by atoms with Gasteiger partial charge in [-0.3, -0.25) is 46.8 Å². The molecular weight excluding hydrogens is 831 g/mol. The van der Waals surface area contributed by atoms with Gasteiger partial charge in [0.05, 0.1) is 51.8 Å². The highest BCUT2D eigenvalue weighted by Crippen LogP contribution is 2.48. The van der Waals surface area contributed by atoms with Crippen molar-refractivity contribution in [1.82, 2.24) is 29.7 Å². The summed E-state index contributed by atoms with van der Waals surface area (Å²) in [6.07, 6.45) is -6.53. The minimum atomic E-state index is -5.34. The van der Waals surface area contributed by atoms with E-state index in [-0.39, 0.29) is 35.4 Å². The number of aliphatic imine (C=N–C) groups is 1. The van der Waals surface area contributed by atoms with Gasteiger partial charge in [0.25, 0.3) is 17.5 Å². The number of anilines is 1. The van der Waals surface area contributed by atoms with Crippen molar-refractivity contribution in [1.29, 1.82) is 0 Å². The van der Waals surface area contributed by atoms with Crippen LogP contribution in [-0.4, -0.2) is 137 Å². The topological polar surface area (TPSA) is 391 Å². The van der Waals surface area contributed by atoms with E-state index in [9.17, 15) is 48.3 Å². The van der Waals surface area contributed by atoms with Crippen LogP contribution in [0, 0.1) is 0 Å². The largest absolute Gasteiger partial charge is 0.472 e. The third kappa shape index (κ3) is 10.2. The van der Waals surface area contributed by atoms with E-state index in [0.29, 0.717) is 17.9 Å². The second-order valence-electron chi connectivity index (χ2n) is 13.1. The van der Waals surface area contributed by atoms with E-state index in [2.05, 4.69) is 36.4 Å². The van der Waals surface area contributed by atoms with Gasteiger partial charge in [0.2, 0.25) is 11.7 Å². The zero-order chi connectivity index (χ0) is 41.6. The first-order valence-corrected chi connectivity index (χ1v) is 21.1. The number of fused-ring (bicyclic) bond motifs is 2. The van der Waals surface area contributed by atoms with Crippen molar-refractivity contribution in [3.63, 3.8) is 0 Å². The Bertz CT molecular complexity index is 2230. The van der Waals surface area contributed by atoms with Crippen LogP contribution in [0.1, 0.15) is 18.1 Å². The van der Waals surface area contributed by atoms with Crippen LogP contribution < -0.4 is 31.5 Å². The summed E-state index contributed by atoms with van der Waals surface area (Å²) in [5.41, 5.74) is 12.2. The first kappa shape index (κ1) is 43.1. The Kier molecular flexibility index (Phi) is 12.6. The number of hydrogen-bond acceptors (Lipinski definition) is 19. The number of nitrogens with two attached hydrogens (primary N) is 2. The number of hydrogen-bond donors (Lipinski definition) is 11. The summed E-state index contributed by atoms with van der Waals surface area (Å²) >= 11 is 0. The molecule has 2 saturated heterocycles. The molecule has 0 amide bonds. The summed E-state index contributed by atoms with van der Waals surface area (Å²) < 4.78 is 77.4. The molecule has 3 aromatic rings. The molecule has 13 N–H and O–H groups in total. The van der Waals surface area contributed by atoms with Gasteiger partial charge in [-0.15, -0.1) is 0 Å². The highest BCUT2D eigenvalue weighted by Gasteiger charge is 2.48. The van der Waals surface area contributed by atoms with Gasteiger partial charge in [-0.2, -0.15) is 0 Å². The number of nitrogens with zero attached hydrogens (tertiary/aromatic N) is 6. The molecule has 6 heterocycles. The molecule has 0 bridgehead atoms. The standard InChI is InChI=1S/C26H40N11O17P3/c1-12-17-21(31-25(27)30-12)36(10-29-17)24-20(39)19(38)15(53-24)9-51-57(46,47)50-8-14(54-55(41,42)43)7-49-56(44,45)48-6-13-4-34(2)5-16(52-13)37-11-35(3)18-22(37)32-26(28)33-23(18)40/h10-11,13-16,19-20,24,38-39H,1,4-9H2,2-3H3,(H9-,27,28,30,31,32,33,40,41,42,43,44,45,46,47)/p+2/t13-,14?,15?,16?,19+,20+,24+/m0/s1. The fourth-order valence-electron chi connectivity index (χ4n) is 6.17. The van der Waals surface area contributed by atoms with E-state index in [1.165, 1.54) is 15.5 Å². The number of aromatic amines is 2. The summed E-state index contributed by atoms with van der Waals surface area (Å²) in [5.74, 6) is 0.0686. The molecule has 28 nitrogen and oxygen atoms in total. The lowest BCUT2D eigenvalue weighted by atomic mass is 10.1. The van der Waals surface area contributed by atoms with Crippen molar-refractivity contribution in [2.75, 3.05) is 52.3 Å². The summed E-state index contributed by atoms with van der Waals surface area (Å²) in [7, 11) is -12.1. The van der Waals surface area contributed by atoms with Gasteiger partial charge in [0.1, 0.15) is 24.4 Å². The fraction of sp³-hybridized carbons (Fsp3) is 0.577. The molecule has 31 heteroatoms. The van der Waals surface area contributed by atoms with E-state index >= 15 is 0 Å². The molecule has 0 radical (unpaired) electrons. The number of H-pyrrole nitrogens is 2. The lowest BCUT2D eigenvalue weighted by molar-refractivity contribution is -0.753. The number of guanidine groups is 1. The maximum atomic E-state index is 12.8. The molecule has 0 saturated carbocycles. The van der Waals surface area contributed by atoms with Gasteiger partial charge in [0.15, 0.2) is 24.6 Å². The van der Waals surface area contributed by atoms with Crippen LogP contribution in [0.3, 0.4) is 0 Å². The van der Waals surface area contributed by atoms with Gasteiger partial charge < -0.3 is 56.0 Å². The maximum Gasteiger partial charge on any atom is 0.472 e. The van der Waals surface area contributed by atoms with Gasteiger partial charge in [-0.25, -0.2) is 22.8 Å². The second kappa shape index (κ2) is 16.6. The zero-order valence-corrected chi connectivity index (χ0v) is 32.7. The van der Waals surface area contributed by atoms with Crippen molar-refractivity contribution < 1.29 is 84.7 Å². The van der Waals surface area contributed by atoms with Crippen molar-refractivity contribution in [2.24, 2.45) is 17.8 Å². The number of nitrogen functional groups attached to an aromatic ring is 1. The lowest BCUT2D eigenvalue weighted by Gasteiger charge is -2.34. The SMILES string of the molecule is C=C1NC(N)=Nc2c1[nH]c[n+]2[C@@H]1OC(COP(=O)(O)OCC(COP(=O)(O)OC[C@@H]2CN(C)CC([n+]3cn(C)c4c(=O)[nH]c(N)nc43)O2)OP(=O)(O)O)[C@@H](O)[C@H]1O. The van der Waals surface area contributed by atoms with E-state index < -0.39 is 98.4 Å². The number of likely N-dealkylation sites (N-methyl/N-ethyl adjacent to an activating group) is 1. The summed E-state index contributed by atoms with van der Waals surface area (Å²) in [6, 6.07) is 0. The van der Waals surface area contributed by atoms with Crippen LogP contribution in [0.4, 0.5) is 11.8 Å². The highest BCUT2D eigenvalue weighted by molar-refractivity contribution is 7.47. The number of nitrogens with one attached hydrogen (secondary N) is 3. The molecule has 3 aliphatic heterocycles. The van der Waals surface area contributed by atoms with E-state index in [4.69, 9.17) is 39.0 Å². The Balaban J connectivity index is 1.02. The number of aryl methyl sites for hydroxylation is 1. The molecule has 6 rings (SSSR count). The van der Waals surface area contributed by atoms with E-state index in [1.807, 2.05) is 4.90 Å². The number of phosphoric acid groups is 3. The van der Waals surface area contributed by atoms with Crippen LogP contribution >= 0.6 is 23.5 Å². The van der Waals surface area contributed by atoms with Gasteiger partial charge in [-0.05, 0) is 7.05 Å². The molecule has 3 aromatic heterocycles. The predicted octanol–water partition coefficient (Wildman–Crippen LogP) is -3.84. The lowest BCUT2D eigenvalue weighted by Crippen LogP contribution is -2.54. The van der Waals surface area contributed by atoms with Crippen LogP contribution in [-0.2, 0) is 52.8 Å². The Morgan fingerprint density at radius 3 is 2.33 bits per heavy atom. The second-order valence-corrected chi connectivity index (χ2v) is 17.2. The van der Waals surface area contributed by atoms with Gasteiger partial charge >= 0.3 is 34.9 Å². The van der Waals surface area contributed by atoms with E-state index in [0.717, 1.165) is 0 Å². The molecule has 0 aliphatic carbocycles. The zero-order valence-electron chi connectivity index (χ0n) is 30.0. The summed E-state index contributed by atoms with van der Waals surface area (Å²) in [4.78, 5) is 67.3. The number of aromatic nitrogens is 6. The molecule has 5 unspecified atom stereocenters.